The van der Waals surface area contributed by atoms with Crippen LogP contribution in [0.5, 0.6) is 0 Å². The molecule has 2 aromatic rings. The third-order valence-corrected chi connectivity index (χ3v) is 4.19. The summed E-state index contributed by atoms with van der Waals surface area (Å²) in [7, 11) is 0. The number of halogens is 3. The van der Waals surface area contributed by atoms with Gasteiger partial charge in [-0.3, -0.25) is 4.79 Å². The normalized spacial score (nSPS) is 21.5. The summed E-state index contributed by atoms with van der Waals surface area (Å²) in [5.41, 5.74) is 0.960. The van der Waals surface area contributed by atoms with Crippen LogP contribution in [0.2, 0.25) is 0 Å². The molecule has 1 N–H and O–H groups in total. The number of aromatic nitrogens is 4. The van der Waals surface area contributed by atoms with Crippen molar-refractivity contribution in [3.8, 4) is 5.69 Å². The molecule has 1 fully saturated rings. The van der Waals surface area contributed by atoms with Crippen molar-refractivity contribution < 1.29 is 18.0 Å². The van der Waals surface area contributed by atoms with Gasteiger partial charge in [0, 0.05) is 11.6 Å². The van der Waals surface area contributed by atoms with Crippen molar-refractivity contribution in [1.82, 2.24) is 25.5 Å². The fourth-order valence-electron chi connectivity index (χ4n) is 2.96. The van der Waals surface area contributed by atoms with E-state index in [2.05, 4.69) is 20.8 Å². The number of hydrogen-bond donors (Lipinski definition) is 1. The Hall–Kier alpha value is -2.45. The number of amides is 1. The molecule has 1 heterocycles. The number of carbonyl (C=O) groups is 1. The zero-order chi connectivity index (χ0) is 17.2. The number of nitrogens with one attached hydrogen (secondary N) is 1. The quantitative estimate of drug-likeness (QED) is 0.933. The maximum Gasteiger partial charge on any atom is 0.391 e. The van der Waals surface area contributed by atoms with E-state index < -0.39 is 24.0 Å². The van der Waals surface area contributed by atoms with Crippen molar-refractivity contribution in [2.24, 2.45) is 5.92 Å². The summed E-state index contributed by atoms with van der Waals surface area (Å²) < 4.78 is 40.0. The van der Waals surface area contributed by atoms with E-state index in [1.54, 1.807) is 24.3 Å². The zero-order valence-corrected chi connectivity index (χ0v) is 12.7. The zero-order valence-electron chi connectivity index (χ0n) is 12.7. The molecule has 3 rings (SSSR count). The largest absolute Gasteiger partial charge is 0.391 e. The van der Waals surface area contributed by atoms with Crippen LogP contribution in [0, 0.1) is 5.92 Å². The molecular weight excluding hydrogens is 323 g/mol. The van der Waals surface area contributed by atoms with Crippen LogP contribution in [0.4, 0.5) is 13.2 Å². The van der Waals surface area contributed by atoms with Gasteiger partial charge < -0.3 is 5.32 Å². The van der Waals surface area contributed by atoms with Gasteiger partial charge in [-0.1, -0.05) is 12.5 Å². The number of carbonyl (C=O) groups excluding carboxylic acids is 1. The molecule has 1 aromatic heterocycles. The molecule has 24 heavy (non-hydrogen) atoms. The molecule has 0 saturated heterocycles. The first-order chi connectivity index (χ1) is 11.4. The summed E-state index contributed by atoms with van der Waals surface area (Å²) in [4.78, 5) is 12.3. The number of hydrogen-bond acceptors (Lipinski definition) is 4. The highest BCUT2D eigenvalue weighted by Gasteiger charge is 2.42. The van der Waals surface area contributed by atoms with E-state index in [9.17, 15) is 18.0 Å². The molecule has 0 bridgehead atoms. The van der Waals surface area contributed by atoms with E-state index in [0.29, 0.717) is 24.1 Å². The Labute approximate surface area is 136 Å². The summed E-state index contributed by atoms with van der Waals surface area (Å²) in [6.07, 6.45) is -1.73. The lowest BCUT2D eigenvalue weighted by Gasteiger charge is -2.31. The molecule has 2 atom stereocenters. The van der Waals surface area contributed by atoms with Crippen LogP contribution in [0.1, 0.15) is 36.0 Å². The van der Waals surface area contributed by atoms with Gasteiger partial charge in [-0.15, -0.1) is 5.10 Å². The fourth-order valence-corrected chi connectivity index (χ4v) is 2.96. The van der Waals surface area contributed by atoms with Gasteiger partial charge in [0.25, 0.3) is 5.91 Å². The molecule has 2 unspecified atom stereocenters. The molecule has 1 saturated carbocycles. The standard InChI is InChI=1S/C15H16F3N5O/c16-15(17,18)11-4-2-5-12(8-11)20-14(24)10-3-1-6-13(7-10)23-9-19-21-22-23/h1,3,6-7,9,11-12H,2,4-5,8H2,(H,20,24). The van der Waals surface area contributed by atoms with Gasteiger partial charge in [-0.25, -0.2) is 4.68 Å². The highest BCUT2D eigenvalue weighted by molar-refractivity contribution is 5.94. The molecule has 0 radical (unpaired) electrons. The molecule has 0 spiro atoms. The van der Waals surface area contributed by atoms with E-state index >= 15 is 0 Å². The van der Waals surface area contributed by atoms with Crippen LogP contribution < -0.4 is 5.32 Å². The van der Waals surface area contributed by atoms with E-state index in [-0.39, 0.29) is 12.8 Å². The second-order valence-electron chi connectivity index (χ2n) is 5.88. The molecule has 9 heteroatoms. The summed E-state index contributed by atoms with van der Waals surface area (Å²) in [5, 5.41) is 13.5. The molecule has 1 aliphatic rings. The van der Waals surface area contributed by atoms with Crippen LogP contribution >= 0.6 is 0 Å². The van der Waals surface area contributed by atoms with Gasteiger partial charge in [0.1, 0.15) is 6.33 Å². The van der Waals surface area contributed by atoms with Crippen LogP contribution in [0.3, 0.4) is 0 Å². The number of rotatable bonds is 3. The van der Waals surface area contributed by atoms with E-state index in [0.717, 1.165) is 0 Å². The van der Waals surface area contributed by atoms with Gasteiger partial charge in [-0.2, -0.15) is 13.2 Å². The predicted octanol–water partition coefficient (Wildman–Crippen LogP) is 2.51. The minimum Gasteiger partial charge on any atom is -0.349 e. The number of nitrogens with zero attached hydrogens (tertiary/aromatic N) is 4. The Morgan fingerprint density at radius 2 is 2.12 bits per heavy atom. The van der Waals surface area contributed by atoms with Gasteiger partial charge in [0.05, 0.1) is 11.6 Å². The Balaban J connectivity index is 1.68. The minimum absolute atomic E-state index is 0.0675. The minimum atomic E-state index is -4.20. The number of benzene rings is 1. The average molecular weight is 339 g/mol. The third-order valence-electron chi connectivity index (χ3n) is 4.19. The molecule has 128 valence electrons. The Bertz CT molecular complexity index is 701. The van der Waals surface area contributed by atoms with Gasteiger partial charge in [-0.05, 0) is 47.9 Å². The first-order valence-corrected chi connectivity index (χ1v) is 7.64. The van der Waals surface area contributed by atoms with Crippen LogP contribution in [-0.2, 0) is 0 Å². The van der Waals surface area contributed by atoms with Crippen LogP contribution in [-0.4, -0.2) is 38.3 Å². The average Bonchev–Trinajstić information content (AvgIpc) is 3.09. The second-order valence-corrected chi connectivity index (χ2v) is 5.88. The molecular formula is C15H16F3N5O. The molecule has 6 nitrogen and oxygen atoms in total. The van der Waals surface area contributed by atoms with Crippen molar-refractivity contribution in [3.05, 3.63) is 36.2 Å². The summed E-state index contributed by atoms with van der Waals surface area (Å²) >= 11 is 0. The Kier molecular flexibility index (Phi) is 4.50. The van der Waals surface area contributed by atoms with E-state index in [4.69, 9.17) is 0 Å². The van der Waals surface area contributed by atoms with E-state index in [1.807, 2.05) is 0 Å². The lowest BCUT2D eigenvalue weighted by Crippen LogP contribution is -2.41. The number of tetrazole rings is 1. The Morgan fingerprint density at radius 1 is 1.29 bits per heavy atom. The summed E-state index contributed by atoms with van der Waals surface area (Å²) in [6, 6.07) is 6.14. The maximum absolute atomic E-state index is 12.9. The van der Waals surface area contributed by atoms with Crippen molar-refractivity contribution >= 4 is 5.91 Å². The first-order valence-electron chi connectivity index (χ1n) is 7.64. The van der Waals surface area contributed by atoms with E-state index in [1.165, 1.54) is 11.0 Å². The lowest BCUT2D eigenvalue weighted by molar-refractivity contribution is -0.183. The van der Waals surface area contributed by atoms with Crippen molar-refractivity contribution in [2.45, 2.75) is 37.9 Å². The predicted molar refractivity (Wildman–Crippen MR) is 78.4 cm³/mol. The van der Waals surface area contributed by atoms with Gasteiger partial charge in [0.2, 0.25) is 0 Å². The van der Waals surface area contributed by atoms with Crippen LogP contribution in [0.15, 0.2) is 30.6 Å². The smallest absolute Gasteiger partial charge is 0.349 e. The highest BCUT2D eigenvalue weighted by Crippen LogP contribution is 2.37. The maximum atomic E-state index is 12.9. The van der Waals surface area contributed by atoms with Gasteiger partial charge in [0.15, 0.2) is 0 Å². The summed E-state index contributed by atoms with van der Waals surface area (Å²) in [5.74, 6) is -1.73. The van der Waals surface area contributed by atoms with Crippen molar-refractivity contribution in [1.29, 1.82) is 0 Å². The second kappa shape index (κ2) is 6.58. The SMILES string of the molecule is O=C(NC1CCCC(C(F)(F)F)C1)c1cccc(-n2cnnn2)c1. The molecule has 1 aromatic carbocycles. The first kappa shape index (κ1) is 16.4. The monoisotopic (exact) mass is 339 g/mol. The van der Waals surface area contributed by atoms with Crippen molar-refractivity contribution in [2.75, 3.05) is 0 Å². The third kappa shape index (κ3) is 3.72. The van der Waals surface area contributed by atoms with Crippen molar-refractivity contribution in [3.63, 3.8) is 0 Å². The molecule has 1 amide bonds. The Morgan fingerprint density at radius 3 is 2.83 bits per heavy atom. The fraction of sp³-hybridized carbons (Fsp3) is 0.467. The topological polar surface area (TPSA) is 72.7 Å². The molecule has 0 aliphatic heterocycles. The summed E-state index contributed by atoms with van der Waals surface area (Å²) in [6.45, 7) is 0. The number of alkyl halides is 3. The lowest BCUT2D eigenvalue weighted by atomic mass is 9.85. The van der Waals surface area contributed by atoms with Crippen LogP contribution in [0.25, 0.3) is 5.69 Å². The van der Waals surface area contributed by atoms with Gasteiger partial charge >= 0.3 is 6.18 Å². The highest BCUT2D eigenvalue weighted by atomic mass is 19.4. The molecule has 1 aliphatic carbocycles.